The lowest BCUT2D eigenvalue weighted by molar-refractivity contribution is 1.45. The van der Waals surface area contributed by atoms with Gasteiger partial charge in [0.05, 0.1) is 15.8 Å². The maximum atomic E-state index is 8.90. The average Bonchev–Trinajstić information content (AvgIpc) is 2.43. The van der Waals surface area contributed by atoms with E-state index in [4.69, 9.17) is 5.26 Å². The first kappa shape index (κ1) is 8.61. The lowest BCUT2D eigenvalue weighted by Gasteiger charge is -1.93. The zero-order valence-corrected chi connectivity index (χ0v) is 8.75. The van der Waals surface area contributed by atoms with Crippen molar-refractivity contribution in [2.45, 2.75) is 11.1 Å². The molecule has 0 atom stereocenters. The van der Waals surface area contributed by atoms with Crippen molar-refractivity contribution >= 4 is 34.1 Å². The van der Waals surface area contributed by atoms with Crippen molar-refractivity contribution in [2.24, 2.45) is 0 Å². The molecule has 0 saturated heterocycles. The van der Waals surface area contributed by atoms with Gasteiger partial charge in [-0.05, 0) is 24.6 Å². The van der Waals surface area contributed by atoms with Gasteiger partial charge in [0.15, 0.2) is 0 Å². The number of fused-ring (bicyclic) bond motifs is 1. The Morgan fingerprint density at radius 2 is 2.23 bits per heavy atom. The monoisotopic (exact) mass is 205 g/mol. The highest BCUT2D eigenvalue weighted by molar-refractivity contribution is 7.83. The van der Waals surface area contributed by atoms with Crippen LogP contribution in [-0.2, 0) is 0 Å². The molecular weight excluding hydrogens is 198 g/mol. The molecule has 0 radical (unpaired) electrons. The van der Waals surface area contributed by atoms with Crippen molar-refractivity contribution in [1.82, 2.24) is 0 Å². The van der Waals surface area contributed by atoms with Crippen LogP contribution < -0.4 is 0 Å². The number of thiophene rings is 1. The summed E-state index contributed by atoms with van der Waals surface area (Å²) < 4.78 is 2.14. The molecule has 0 fully saturated rings. The zero-order chi connectivity index (χ0) is 9.42. The van der Waals surface area contributed by atoms with Gasteiger partial charge in [-0.3, -0.25) is 0 Å². The maximum absolute atomic E-state index is 8.90. The number of rotatable bonds is 0. The smallest absolute Gasteiger partial charge is 0.0998 e. The van der Waals surface area contributed by atoms with Crippen LogP contribution in [0, 0.1) is 18.3 Å². The lowest BCUT2D eigenvalue weighted by atomic mass is 10.1. The van der Waals surface area contributed by atoms with Crippen LogP contribution in [0.25, 0.3) is 10.1 Å². The van der Waals surface area contributed by atoms with Gasteiger partial charge in [-0.15, -0.1) is 24.0 Å². The van der Waals surface area contributed by atoms with Crippen LogP contribution in [0.5, 0.6) is 0 Å². The average molecular weight is 205 g/mol. The van der Waals surface area contributed by atoms with Gasteiger partial charge < -0.3 is 0 Å². The summed E-state index contributed by atoms with van der Waals surface area (Å²) in [6.07, 6.45) is 0. The molecule has 2 rings (SSSR count). The fourth-order valence-electron chi connectivity index (χ4n) is 1.38. The Kier molecular flexibility index (Phi) is 2.03. The topological polar surface area (TPSA) is 23.8 Å². The maximum Gasteiger partial charge on any atom is 0.0998 e. The highest BCUT2D eigenvalue weighted by atomic mass is 32.2. The first-order valence-electron chi connectivity index (χ1n) is 3.85. The van der Waals surface area contributed by atoms with Crippen LogP contribution >= 0.6 is 24.0 Å². The fraction of sp³-hybridized carbons (Fsp3) is 0.100. The summed E-state index contributed by atoms with van der Waals surface area (Å²) in [6.45, 7) is 2.00. The molecule has 0 saturated carbocycles. The van der Waals surface area contributed by atoms with Crippen LogP contribution in [0.2, 0.25) is 0 Å². The Balaban J connectivity index is 2.97. The molecule has 1 nitrogen and oxygen atoms in total. The third kappa shape index (κ3) is 1.23. The Bertz CT molecular complexity index is 505. The minimum absolute atomic E-state index is 0.742. The molecule has 13 heavy (non-hydrogen) atoms. The molecule has 0 N–H and O–H groups in total. The molecule has 0 aliphatic rings. The van der Waals surface area contributed by atoms with Crippen LogP contribution in [0.15, 0.2) is 22.4 Å². The number of benzene rings is 1. The van der Waals surface area contributed by atoms with Gasteiger partial charge in [-0.1, -0.05) is 6.07 Å². The summed E-state index contributed by atoms with van der Waals surface area (Å²) in [7, 11) is 0. The first-order valence-corrected chi connectivity index (χ1v) is 5.11. The molecule has 1 heterocycles. The minimum Gasteiger partial charge on any atom is -0.192 e. The Morgan fingerprint density at radius 3 is 2.92 bits per heavy atom. The van der Waals surface area contributed by atoms with E-state index in [1.165, 1.54) is 0 Å². The molecule has 0 spiro atoms. The standard InChI is InChI=1S/C10H7NS2/c1-6-9-7(5-11)3-2-4-8(9)13-10(6)12/h2-4,12H,1H3. The number of aryl methyl sites for hydroxylation is 1. The number of nitrogens with zero attached hydrogens (tertiary/aromatic N) is 1. The van der Waals surface area contributed by atoms with Gasteiger partial charge >= 0.3 is 0 Å². The van der Waals surface area contributed by atoms with E-state index in [2.05, 4.69) is 18.7 Å². The number of nitriles is 1. The van der Waals surface area contributed by atoms with Gasteiger partial charge in [0, 0.05) is 10.1 Å². The summed E-state index contributed by atoms with van der Waals surface area (Å²) in [5.74, 6) is 0. The van der Waals surface area contributed by atoms with Crippen molar-refractivity contribution in [3.8, 4) is 6.07 Å². The third-order valence-electron chi connectivity index (χ3n) is 2.05. The second-order valence-electron chi connectivity index (χ2n) is 2.82. The van der Waals surface area contributed by atoms with Gasteiger partial charge in [0.25, 0.3) is 0 Å². The number of hydrogen-bond acceptors (Lipinski definition) is 3. The SMILES string of the molecule is Cc1c(S)sc2cccc(C#N)c12. The molecule has 0 aliphatic carbocycles. The van der Waals surface area contributed by atoms with Gasteiger partial charge in [-0.2, -0.15) is 5.26 Å². The lowest BCUT2D eigenvalue weighted by Crippen LogP contribution is -1.76. The van der Waals surface area contributed by atoms with E-state index in [1.807, 2.05) is 25.1 Å². The van der Waals surface area contributed by atoms with E-state index in [1.54, 1.807) is 11.3 Å². The number of thiol groups is 1. The molecule has 0 bridgehead atoms. The third-order valence-corrected chi connectivity index (χ3v) is 3.72. The minimum atomic E-state index is 0.742. The summed E-state index contributed by atoms with van der Waals surface area (Å²) in [5.41, 5.74) is 1.85. The summed E-state index contributed by atoms with van der Waals surface area (Å²) in [4.78, 5) is 0. The molecule has 64 valence electrons. The van der Waals surface area contributed by atoms with Crippen molar-refractivity contribution in [3.63, 3.8) is 0 Å². The first-order chi connectivity index (χ1) is 6.24. The Hall–Kier alpha value is -0.980. The fourth-order valence-corrected chi connectivity index (χ4v) is 2.77. The van der Waals surface area contributed by atoms with E-state index in [0.717, 1.165) is 25.4 Å². The quantitative estimate of drug-likeness (QED) is 0.655. The largest absolute Gasteiger partial charge is 0.192 e. The summed E-state index contributed by atoms with van der Waals surface area (Å²) in [5, 5.41) is 9.95. The normalized spacial score (nSPS) is 10.2. The molecule has 2 aromatic rings. The van der Waals surface area contributed by atoms with E-state index in [-0.39, 0.29) is 0 Å². The molecule has 1 aromatic carbocycles. The van der Waals surface area contributed by atoms with Gasteiger partial charge in [0.1, 0.15) is 0 Å². The van der Waals surface area contributed by atoms with Crippen molar-refractivity contribution in [2.75, 3.05) is 0 Å². The van der Waals surface area contributed by atoms with E-state index < -0.39 is 0 Å². The Morgan fingerprint density at radius 1 is 1.46 bits per heavy atom. The zero-order valence-electron chi connectivity index (χ0n) is 7.03. The Labute approximate surface area is 86.0 Å². The van der Waals surface area contributed by atoms with E-state index in [9.17, 15) is 0 Å². The van der Waals surface area contributed by atoms with Crippen LogP contribution in [0.4, 0.5) is 0 Å². The van der Waals surface area contributed by atoms with Crippen molar-refractivity contribution in [3.05, 3.63) is 29.3 Å². The highest BCUT2D eigenvalue weighted by Gasteiger charge is 2.08. The second-order valence-corrected chi connectivity index (χ2v) is 4.62. The van der Waals surface area contributed by atoms with Gasteiger partial charge in [-0.25, -0.2) is 0 Å². The molecule has 1 aromatic heterocycles. The van der Waals surface area contributed by atoms with Crippen LogP contribution in [0.1, 0.15) is 11.1 Å². The summed E-state index contributed by atoms with van der Waals surface area (Å²) >= 11 is 5.97. The molecular formula is C10H7NS2. The predicted octanol–water partition coefficient (Wildman–Crippen LogP) is 3.37. The second kappa shape index (κ2) is 3.06. The highest BCUT2D eigenvalue weighted by Crippen LogP contribution is 2.34. The molecule has 0 amide bonds. The van der Waals surface area contributed by atoms with Crippen molar-refractivity contribution in [1.29, 1.82) is 5.26 Å². The van der Waals surface area contributed by atoms with Gasteiger partial charge in [0.2, 0.25) is 0 Å². The molecule has 0 unspecified atom stereocenters. The number of hydrogen-bond donors (Lipinski definition) is 1. The van der Waals surface area contributed by atoms with Crippen LogP contribution in [0.3, 0.4) is 0 Å². The molecule has 0 aliphatic heterocycles. The van der Waals surface area contributed by atoms with Crippen molar-refractivity contribution < 1.29 is 0 Å². The van der Waals surface area contributed by atoms with Crippen LogP contribution in [-0.4, -0.2) is 0 Å². The van der Waals surface area contributed by atoms with E-state index in [0.29, 0.717) is 0 Å². The summed E-state index contributed by atoms with van der Waals surface area (Å²) in [6, 6.07) is 7.97. The van der Waals surface area contributed by atoms with E-state index >= 15 is 0 Å². The predicted molar refractivity (Wildman–Crippen MR) is 58.5 cm³/mol. The molecule has 3 heteroatoms.